The molecular weight excluding hydrogens is 222 g/mol. The van der Waals surface area contributed by atoms with Crippen LogP contribution in [0.3, 0.4) is 0 Å². The lowest BCUT2D eigenvalue weighted by atomic mass is 9.99. The molecule has 2 aromatic rings. The van der Waals surface area contributed by atoms with Crippen LogP contribution >= 0.6 is 0 Å². The van der Waals surface area contributed by atoms with Crippen molar-refractivity contribution < 1.29 is 0 Å². The van der Waals surface area contributed by atoms with E-state index in [9.17, 15) is 0 Å². The number of anilines is 1. The molecule has 0 atom stereocenters. The number of rotatable bonds is 2. The third-order valence-electron chi connectivity index (χ3n) is 3.46. The molecule has 1 aliphatic heterocycles. The Balaban J connectivity index is 1.73. The van der Waals surface area contributed by atoms with E-state index in [4.69, 9.17) is 5.73 Å². The van der Waals surface area contributed by atoms with E-state index in [0.717, 1.165) is 26.1 Å². The minimum atomic E-state index is 0.602. The standard InChI is InChI=1S/C15H17N3/c16-15-9-12(5-7-17-15)10-18-8-6-13-3-1-2-4-14(13)11-18/h1-5,7,9H,6,8,10-11H2,(H2,16,17). The van der Waals surface area contributed by atoms with E-state index in [1.807, 2.05) is 12.1 Å². The zero-order valence-corrected chi connectivity index (χ0v) is 10.3. The molecule has 0 amide bonds. The van der Waals surface area contributed by atoms with Gasteiger partial charge in [0, 0.05) is 25.8 Å². The van der Waals surface area contributed by atoms with Crippen LogP contribution in [-0.2, 0) is 19.5 Å². The van der Waals surface area contributed by atoms with Crippen molar-refractivity contribution in [3.05, 3.63) is 59.3 Å². The van der Waals surface area contributed by atoms with Crippen molar-refractivity contribution >= 4 is 5.82 Å². The number of nitrogen functional groups attached to an aromatic ring is 1. The van der Waals surface area contributed by atoms with Gasteiger partial charge in [-0.2, -0.15) is 0 Å². The second-order valence-corrected chi connectivity index (χ2v) is 4.82. The van der Waals surface area contributed by atoms with Gasteiger partial charge in [0.05, 0.1) is 0 Å². The number of nitrogens with two attached hydrogens (primary N) is 1. The summed E-state index contributed by atoms with van der Waals surface area (Å²) in [5.41, 5.74) is 9.89. The van der Waals surface area contributed by atoms with Crippen LogP contribution in [0.1, 0.15) is 16.7 Å². The third-order valence-corrected chi connectivity index (χ3v) is 3.46. The number of benzene rings is 1. The molecule has 0 aliphatic carbocycles. The smallest absolute Gasteiger partial charge is 0.123 e. The van der Waals surface area contributed by atoms with Gasteiger partial charge in [0.25, 0.3) is 0 Å². The van der Waals surface area contributed by atoms with E-state index < -0.39 is 0 Å². The van der Waals surface area contributed by atoms with Gasteiger partial charge in [-0.15, -0.1) is 0 Å². The highest BCUT2D eigenvalue weighted by Gasteiger charge is 2.15. The lowest BCUT2D eigenvalue weighted by Crippen LogP contribution is -2.30. The summed E-state index contributed by atoms with van der Waals surface area (Å²) in [7, 11) is 0. The largest absolute Gasteiger partial charge is 0.384 e. The summed E-state index contributed by atoms with van der Waals surface area (Å²) >= 11 is 0. The monoisotopic (exact) mass is 239 g/mol. The molecule has 1 aliphatic rings. The Morgan fingerprint density at radius 2 is 2.00 bits per heavy atom. The van der Waals surface area contributed by atoms with Gasteiger partial charge in [-0.1, -0.05) is 24.3 Å². The summed E-state index contributed by atoms with van der Waals surface area (Å²) < 4.78 is 0. The first kappa shape index (κ1) is 11.2. The molecule has 18 heavy (non-hydrogen) atoms. The van der Waals surface area contributed by atoms with Gasteiger partial charge in [0.15, 0.2) is 0 Å². The molecule has 0 spiro atoms. The molecule has 0 radical (unpaired) electrons. The molecule has 3 nitrogen and oxygen atoms in total. The van der Waals surface area contributed by atoms with Crippen molar-refractivity contribution in [2.24, 2.45) is 0 Å². The number of hydrogen-bond donors (Lipinski definition) is 1. The maximum Gasteiger partial charge on any atom is 0.123 e. The summed E-state index contributed by atoms with van der Waals surface area (Å²) in [5, 5.41) is 0. The minimum absolute atomic E-state index is 0.602. The molecule has 0 saturated heterocycles. The third kappa shape index (κ3) is 2.36. The summed E-state index contributed by atoms with van der Waals surface area (Å²) in [5.74, 6) is 0.602. The predicted molar refractivity (Wildman–Crippen MR) is 72.9 cm³/mol. The zero-order valence-electron chi connectivity index (χ0n) is 10.3. The Kier molecular flexibility index (Phi) is 2.99. The molecule has 0 bridgehead atoms. The van der Waals surface area contributed by atoms with Crippen molar-refractivity contribution in [1.82, 2.24) is 9.88 Å². The second kappa shape index (κ2) is 4.78. The normalized spacial score (nSPS) is 15.3. The fraction of sp³-hybridized carbons (Fsp3) is 0.267. The van der Waals surface area contributed by atoms with Crippen molar-refractivity contribution in [3.63, 3.8) is 0 Å². The van der Waals surface area contributed by atoms with E-state index in [1.165, 1.54) is 16.7 Å². The van der Waals surface area contributed by atoms with Gasteiger partial charge in [-0.3, -0.25) is 4.90 Å². The second-order valence-electron chi connectivity index (χ2n) is 4.82. The maximum atomic E-state index is 5.71. The Labute approximate surface area is 107 Å². The fourth-order valence-corrected chi connectivity index (χ4v) is 2.54. The van der Waals surface area contributed by atoms with Crippen LogP contribution < -0.4 is 5.73 Å². The van der Waals surface area contributed by atoms with Crippen molar-refractivity contribution in [1.29, 1.82) is 0 Å². The Morgan fingerprint density at radius 3 is 2.83 bits per heavy atom. The number of nitrogens with zero attached hydrogens (tertiary/aromatic N) is 2. The van der Waals surface area contributed by atoms with Crippen LogP contribution in [0.2, 0.25) is 0 Å². The average molecular weight is 239 g/mol. The predicted octanol–water partition coefficient (Wildman–Crippen LogP) is 2.22. The molecule has 2 heterocycles. The molecule has 3 heteroatoms. The first-order valence-corrected chi connectivity index (χ1v) is 6.31. The molecule has 2 N–H and O–H groups in total. The van der Waals surface area contributed by atoms with E-state index in [0.29, 0.717) is 5.82 Å². The molecule has 1 aromatic carbocycles. The molecule has 92 valence electrons. The van der Waals surface area contributed by atoms with Gasteiger partial charge in [-0.05, 0) is 35.2 Å². The summed E-state index contributed by atoms with van der Waals surface area (Å²) in [6, 6.07) is 12.7. The Morgan fingerprint density at radius 1 is 1.17 bits per heavy atom. The first-order valence-electron chi connectivity index (χ1n) is 6.31. The molecule has 3 rings (SSSR count). The lowest BCUT2D eigenvalue weighted by molar-refractivity contribution is 0.245. The summed E-state index contributed by atoms with van der Waals surface area (Å²) in [6.07, 6.45) is 2.92. The summed E-state index contributed by atoms with van der Waals surface area (Å²) in [6.45, 7) is 3.08. The minimum Gasteiger partial charge on any atom is -0.384 e. The zero-order chi connectivity index (χ0) is 12.4. The molecular formula is C15H17N3. The van der Waals surface area contributed by atoms with Crippen molar-refractivity contribution in [3.8, 4) is 0 Å². The van der Waals surface area contributed by atoms with E-state index >= 15 is 0 Å². The van der Waals surface area contributed by atoms with Gasteiger partial charge in [0.1, 0.15) is 5.82 Å². The highest BCUT2D eigenvalue weighted by molar-refractivity contribution is 5.32. The average Bonchev–Trinajstić information content (AvgIpc) is 2.39. The Hall–Kier alpha value is -1.87. The van der Waals surface area contributed by atoms with Crippen LogP contribution in [0.25, 0.3) is 0 Å². The van der Waals surface area contributed by atoms with Crippen LogP contribution in [0, 0.1) is 0 Å². The quantitative estimate of drug-likeness (QED) is 0.873. The van der Waals surface area contributed by atoms with Crippen molar-refractivity contribution in [2.45, 2.75) is 19.5 Å². The highest BCUT2D eigenvalue weighted by Crippen LogP contribution is 2.20. The highest BCUT2D eigenvalue weighted by atomic mass is 15.1. The van der Waals surface area contributed by atoms with Crippen LogP contribution in [0.4, 0.5) is 5.82 Å². The van der Waals surface area contributed by atoms with Gasteiger partial charge >= 0.3 is 0 Å². The molecule has 0 unspecified atom stereocenters. The molecule has 1 aromatic heterocycles. The number of fused-ring (bicyclic) bond motifs is 1. The fourth-order valence-electron chi connectivity index (χ4n) is 2.54. The Bertz CT molecular complexity index is 551. The molecule has 0 saturated carbocycles. The number of aromatic nitrogens is 1. The summed E-state index contributed by atoms with van der Waals surface area (Å²) in [4.78, 5) is 6.48. The molecule has 0 fully saturated rings. The van der Waals surface area contributed by atoms with Gasteiger partial charge < -0.3 is 5.73 Å². The van der Waals surface area contributed by atoms with E-state index in [2.05, 4.69) is 34.1 Å². The van der Waals surface area contributed by atoms with E-state index in [1.54, 1.807) is 6.20 Å². The lowest BCUT2D eigenvalue weighted by Gasteiger charge is -2.28. The van der Waals surface area contributed by atoms with Gasteiger partial charge in [-0.25, -0.2) is 4.98 Å². The van der Waals surface area contributed by atoms with Crippen LogP contribution in [-0.4, -0.2) is 16.4 Å². The number of pyridine rings is 1. The van der Waals surface area contributed by atoms with Crippen LogP contribution in [0.15, 0.2) is 42.6 Å². The SMILES string of the molecule is Nc1cc(CN2CCc3ccccc3C2)ccn1. The van der Waals surface area contributed by atoms with Crippen LogP contribution in [0.5, 0.6) is 0 Å². The van der Waals surface area contributed by atoms with Gasteiger partial charge in [0.2, 0.25) is 0 Å². The first-order chi connectivity index (χ1) is 8.81. The number of hydrogen-bond acceptors (Lipinski definition) is 3. The van der Waals surface area contributed by atoms with Crippen molar-refractivity contribution in [2.75, 3.05) is 12.3 Å². The topological polar surface area (TPSA) is 42.1 Å². The maximum absolute atomic E-state index is 5.71. The van der Waals surface area contributed by atoms with E-state index in [-0.39, 0.29) is 0 Å².